The van der Waals surface area contributed by atoms with Crippen LogP contribution in [0.5, 0.6) is 5.75 Å². The van der Waals surface area contributed by atoms with Gasteiger partial charge in [-0.2, -0.15) is 0 Å². The molecule has 6 nitrogen and oxygen atoms in total. The summed E-state index contributed by atoms with van der Waals surface area (Å²) in [6, 6.07) is 5.65. The SMILES string of the molecule is CCCCC(=O)Nc1nc(-c2ccc3c(c2)N(C)C(=O)[C@@H](C)O3)cs1. The Kier molecular flexibility index (Phi) is 5.03. The topological polar surface area (TPSA) is 71.5 Å². The number of fused-ring (bicyclic) bond motifs is 1. The molecule has 2 amide bonds. The third kappa shape index (κ3) is 3.66. The maximum atomic E-state index is 12.1. The zero-order valence-corrected chi connectivity index (χ0v) is 15.4. The summed E-state index contributed by atoms with van der Waals surface area (Å²) in [5.41, 5.74) is 2.36. The summed E-state index contributed by atoms with van der Waals surface area (Å²) in [5.74, 6) is 0.592. The molecule has 2 heterocycles. The van der Waals surface area contributed by atoms with Crippen LogP contribution >= 0.6 is 11.3 Å². The van der Waals surface area contributed by atoms with Crippen LogP contribution in [0.1, 0.15) is 33.1 Å². The highest BCUT2D eigenvalue weighted by Crippen LogP contribution is 2.37. The molecule has 0 saturated carbocycles. The number of aromatic nitrogens is 1. The van der Waals surface area contributed by atoms with Crippen molar-refractivity contribution in [3.05, 3.63) is 23.6 Å². The molecular formula is C18H21N3O3S. The lowest BCUT2D eigenvalue weighted by molar-refractivity contribution is -0.125. The fourth-order valence-corrected chi connectivity index (χ4v) is 3.39. The number of hydrogen-bond donors (Lipinski definition) is 1. The van der Waals surface area contributed by atoms with Crippen molar-refractivity contribution in [2.24, 2.45) is 0 Å². The number of nitrogens with zero attached hydrogens (tertiary/aromatic N) is 2. The minimum absolute atomic E-state index is 0.0130. The smallest absolute Gasteiger partial charge is 0.267 e. The fourth-order valence-electron chi connectivity index (χ4n) is 2.65. The van der Waals surface area contributed by atoms with E-state index in [1.54, 1.807) is 18.9 Å². The van der Waals surface area contributed by atoms with Gasteiger partial charge in [-0.25, -0.2) is 4.98 Å². The van der Waals surface area contributed by atoms with Gasteiger partial charge in [-0.15, -0.1) is 11.3 Å². The Hall–Kier alpha value is -2.41. The summed E-state index contributed by atoms with van der Waals surface area (Å²) < 4.78 is 5.63. The van der Waals surface area contributed by atoms with Crippen LogP contribution in [-0.4, -0.2) is 29.9 Å². The Morgan fingerprint density at radius 1 is 1.44 bits per heavy atom. The zero-order chi connectivity index (χ0) is 18.0. The second kappa shape index (κ2) is 7.23. The van der Waals surface area contributed by atoms with Gasteiger partial charge in [0.1, 0.15) is 5.75 Å². The van der Waals surface area contributed by atoms with Crippen molar-refractivity contribution in [3.63, 3.8) is 0 Å². The van der Waals surface area contributed by atoms with Gasteiger partial charge in [0.15, 0.2) is 11.2 Å². The molecule has 1 atom stereocenters. The van der Waals surface area contributed by atoms with Crippen LogP contribution < -0.4 is 15.0 Å². The van der Waals surface area contributed by atoms with Gasteiger partial charge in [0, 0.05) is 24.4 Å². The van der Waals surface area contributed by atoms with E-state index in [9.17, 15) is 9.59 Å². The number of amides is 2. The molecule has 1 aliphatic heterocycles. The van der Waals surface area contributed by atoms with Gasteiger partial charge < -0.3 is 15.0 Å². The van der Waals surface area contributed by atoms with E-state index in [1.807, 2.05) is 23.6 Å². The van der Waals surface area contributed by atoms with Crippen molar-refractivity contribution >= 4 is 34.0 Å². The molecule has 2 aromatic rings. The second-order valence-electron chi connectivity index (χ2n) is 6.03. The highest BCUT2D eigenvalue weighted by atomic mass is 32.1. The van der Waals surface area contributed by atoms with Crippen molar-refractivity contribution in [3.8, 4) is 17.0 Å². The molecule has 0 bridgehead atoms. The number of rotatable bonds is 5. The van der Waals surface area contributed by atoms with Gasteiger partial charge in [-0.3, -0.25) is 9.59 Å². The lowest BCUT2D eigenvalue weighted by atomic mass is 10.1. The molecule has 3 rings (SSSR count). The van der Waals surface area contributed by atoms with Crippen molar-refractivity contribution in [2.75, 3.05) is 17.3 Å². The van der Waals surface area contributed by atoms with Gasteiger partial charge in [0.2, 0.25) is 5.91 Å². The maximum Gasteiger partial charge on any atom is 0.267 e. The van der Waals surface area contributed by atoms with Crippen molar-refractivity contribution < 1.29 is 14.3 Å². The normalized spacial score (nSPS) is 16.4. The van der Waals surface area contributed by atoms with Crippen LogP contribution in [-0.2, 0) is 9.59 Å². The minimum atomic E-state index is -0.479. The first-order chi connectivity index (χ1) is 12.0. The Labute approximate surface area is 150 Å². The van der Waals surface area contributed by atoms with E-state index < -0.39 is 6.10 Å². The summed E-state index contributed by atoms with van der Waals surface area (Å²) in [6.45, 7) is 3.79. The summed E-state index contributed by atoms with van der Waals surface area (Å²) >= 11 is 1.39. The molecule has 1 aromatic heterocycles. The Bertz CT molecular complexity index is 803. The Balaban J connectivity index is 1.80. The molecule has 1 aromatic carbocycles. The predicted molar refractivity (Wildman–Crippen MR) is 99.2 cm³/mol. The molecule has 0 radical (unpaired) electrons. The van der Waals surface area contributed by atoms with E-state index in [0.717, 1.165) is 29.8 Å². The van der Waals surface area contributed by atoms with Crippen molar-refractivity contribution in [1.82, 2.24) is 4.98 Å². The minimum Gasteiger partial charge on any atom is -0.479 e. The molecule has 7 heteroatoms. The average molecular weight is 359 g/mol. The summed E-state index contributed by atoms with van der Waals surface area (Å²) in [4.78, 5) is 30.0. The number of carbonyl (C=O) groups is 2. The molecule has 132 valence electrons. The van der Waals surface area contributed by atoms with Crippen LogP contribution in [0.3, 0.4) is 0 Å². The molecule has 1 aliphatic rings. The van der Waals surface area contributed by atoms with Crippen molar-refractivity contribution in [1.29, 1.82) is 0 Å². The van der Waals surface area contributed by atoms with E-state index in [1.165, 1.54) is 11.3 Å². The predicted octanol–water partition coefficient (Wildman–Crippen LogP) is 3.68. The number of benzene rings is 1. The largest absolute Gasteiger partial charge is 0.479 e. The van der Waals surface area contributed by atoms with Gasteiger partial charge in [0.05, 0.1) is 11.4 Å². The molecule has 0 aliphatic carbocycles. The number of ether oxygens (including phenoxy) is 1. The molecule has 1 N–H and O–H groups in total. The van der Waals surface area contributed by atoms with Gasteiger partial charge in [0.25, 0.3) is 5.91 Å². The van der Waals surface area contributed by atoms with E-state index in [-0.39, 0.29) is 11.8 Å². The first-order valence-corrected chi connectivity index (χ1v) is 9.21. The first-order valence-electron chi connectivity index (χ1n) is 8.33. The quantitative estimate of drug-likeness (QED) is 0.884. The number of carbonyl (C=O) groups excluding carboxylic acids is 2. The molecule has 0 saturated heterocycles. The van der Waals surface area contributed by atoms with Gasteiger partial charge >= 0.3 is 0 Å². The van der Waals surface area contributed by atoms with Crippen LogP contribution in [0, 0.1) is 0 Å². The standard InChI is InChI=1S/C18H21N3O3S/c1-4-5-6-16(22)20-18-19-13(10-25-18)12-7-8-15-14(9-12)21(3)17(23)11(2)24-15/h7-11H,4-6H2,1-3H3,(H,19,20,22)/t11-/m1/s1. The molecule has 0 fully saturated rings. The number of likely N-dealkylation sites (N-methyl/N-ethyl adjacent to an activating group) is 1. The van der Waals surface area contributed by atoms with E-state index in [0.29, 0.717) is 17.3 Å². The van der Waals surface area contributed by atoms with Crippen LogP contribution in [0.4, 0.5) is 10.8 Å². The lowest BCUT2D eigenvalue weighted by Gasteiger charge is -2.30. The van der Waals surface area contributed by atoms with Crippen LogP contribution in [0.15, 0.2) is 23.6 Å². The van der Waals surface area contributed by atoms with E-state index in [4.69, 9.17) is 4.74 Å². The number of nitrogens with one attached hydrogen (secondary N) is 1. The summed E-state index contributed by atoms with van der Waals surface area (Å²) in [7, 11) is 1.74. The van der Waals surface area contributed by atoms with Crippen LogP contribution in [0.25, 0.3) is 11.3 Å². The van der Waals surface area contributed by atoms with Gasteiger partial charge in [-0.1, -0.05) is 13.3 Å². The number of hydrogen-bond acceptors (Lipinski definition) is 5. The number of unbranched alkanes of at least 4 members (excludes halogenated alkanes) is 1. The highest BCUT2D eigenvalue weighted by Gasteiger charge is 2.29. The fraction of sp³-hybridized carbons (Fsp3) is 0.389. The van der Waals surface area contributed by atoms with E-state index >= 15 is 0 Å². The molecule has 25 heavy (non-hydrogen) atoms. The number of thiazole rings is 1. The molecule has 0 unspecified atom stereocenters. The van der Waals surface area contributed by atoms with E-state index in [2.05, 4.69) is 17.2 Å². The second-order valence-corrected chi connectivity index (χ2v) is 6.89. The van der Waals surface area contributed by atoms with Gasteiger partial charge in [-0.05, 0) is 31.5 Å². The highest BCUT2D eigenvalue weighted by molar-refractivity contribution is 7.14. The average Bonchev–Trinajstić information content (AvgIpc) is 3.06. The van der Waals surface area contributed by atoms with Crippen molar-refractivity contribution in [2.45, 2.75) is 39.2 Å². The Morgan fingerprint density at radius 2 is 2.24 bits per heavy atom. The summed E-state index contributed by atoms with van der Waals surface area (Å²) in [6.07, 6.45) is 1.88. The van der Waals surface area contributed by atoms with Crippen LogP contribution in [0.2, 0.25) is 0 Å². The monoisotopic (exact) mass is 359 g/mol. The Morgan fingerprint density at radius 3 is 3.00 bits per heavy atom. The third-order valence-electron chi connectivity index (χ3n) is 4.11. The first kappa shape index (κ1) is 17.4. The molecular weight excluding hydrogens is 338 g/mol. The zero-order valence-electron chi connectivity index (χ0n) is 14.5. The summed E-state index contributed by atoms with van der Waals surface area (Å²) in [5, 5.41) is 5.31. The lowest BCUT2D eigenvalue weighted by Crippen LogP contribution is -2.41. The maximum absolute atomic E-state index is 12.1. The molecule has 0 spiro atoms. The third-order valence-corrected chi connectivity index (χ3v) is 4.86. The number of anilines is 2.